The number of nitrogens with zero attached hydrogens (tertiary/aromatic N) is 1. The molecule has 0 radical (unpaired) electrons. The molecule has 2 nitrogen and oxygen atoms in total. The molecule has 1 aromatic heterocycles. The minimum Gasteiger partial charge on any atom is -0.349 e. The van der Waals surface area contributed by atoms with Gasteiger partial charge in [0.25, 0.3) is 0 Å². The summed E-state index contributed by atoms with van der Waals surface area (Å²) >= 11 is 0. The zero-order valence-electron chi connectivity index (χ0n) is 4.72. The summed E-state index contributed by atoms with van der Waals surface area (Å²) in [4.78, 5) is 6.75. The Kier molecular flexibility index (Phi) is 7.63. The molecule has 1 rings (SSSR count). The van der Waals surface area contributed by atoms with Crippen molar-refractivity contribution in [3.05, 3.63) is 18.2 Å². The normalized spacial score (nSPS) is 6.62. The molecule has 46 valence electrons. The largest absolute Gasteiger partial charge is 0.349 e. The van der Waals surface area contributed by atoms with Crippen LogP contribution in [0, 0.1) is 6.92 Å². The molecule has 0 bridgehead atoms. The third-order valence-electron chi connectivity index (χ3n) is 0.635. The Morgan fingerprint density at radius 3 is 2.38 bits per heavy atom. The zero-order chi connectivity index (χ0) is 4.41. The van der Waals surface area contributed by atoms with Crippen LogP contribution in [-0.4, -0.2) is 9.97 Å². The van der Waals surface area contributed by atoms with E-state index in [1.807, 2.05) is 6.92 Å². The van der Waals surface area contributed by atoms with Crippen LogP contribution < -0.4 is 0 Å². The molecule has 1 heterocycles. The topological polar surface area (TPSA) is 28.7 Å². The Bertz CT molecular complexity index is 118. The van der Waals surface area contributed by atoms with E-state index in [-0.39, 0.29) is 31.0 Å². The molecule has 1 N–H and O–H groups in total. The number of hydrogen-bond donors (Lipinski definition) is 1. The van der Waals surface area contributed by atoms with Crippen LogP contribution in [0.3, 0.4) is 0 Å². The Balaban J connectivity index is 0. The fraction of sp³-hybridized carbons (Fsp3) is 0.250. The summed E-state index contributed by atoms with van der Waals surface area (Å²) in [5.41, 5.74) is 0. The molecule has 0 saturated heterocycles. The van der Waals surface area contributed by atoms with Gasteiger partial charge in [0.05, 0.1) is 0 Å². The maximum absolute atomic E-state index is 3.86. The van der Waals surface area contributed by atoms with Crippen molar-refractivity contribution in [1.29, 1.82) is 0 Å². The number of aromatic nitrogens is 2. The first kappa shape index (κ1) is 11.2. The van der Waals surface area contributed by atoms with Crippen molar-refractivity contribution < 1.29 is 21.1 Å². The molecule has 0 amide bonds. The van der Waals surface area contributed by atoms with Gasteiger partial charge in [-0.15, -0.1) is 0 Å². The van der Waals surface area contributed by atoms with Gasteiger partial charge in [0, 0.05) is 33.5 Å². The van der Waals surface area contributed by atoms with Gasteiger partial charge in [-0.05, 0) is 6.92 Å². The number of hydrogen-bond acceptors (Lipinski definition) is 1. The van der Waals surface area contributed by atoms with Gasteiger partial charge in [0.15, 0.2) is 0 Å². The van der Waals surface area contributed by atoms with E-state index in [1.165, 1.54) is 0 Å². The van der Waals surface area contributed by atoms with Crippen molar-refractivity contribution in [3.8, 4) is 0 Å². The van der Waals surface area contributed by atoms with Gasteiger partial charge in [-0.1, -0.05) is 0 Å². The summed E-state index contributed by atoms with van der Waals surface area (Å²) in [6.07, 6.45) is 3.53. The third kappa shape index (κ3) is 3.35. The molecule has 1 aromatic rings. The second kappa shape index (κ2) is 5.46. The molecule has 0 aromatic carbocycles. The Morgan fingerprint density at radius 1 is 1.62 bits per heavy atom. The van der Waals surface area contributed by atoms with E-state index < -0.39 is 0 Å². The van der Waals surface area contributed by atoms with E-state index in [4.69, 9.17) is 0 Å². The molecule has 4 heteroatoms. The molecular weight excluding hydrogens is 291 g/mol. The van der Waals surface area contributed by atoms with Gasteiger partial charge >= 0.3 is 0 Å². The van der Waals surface area contributed by atoms with E-state index >= 15 is 0 Å². The zero-order valence-corrected chi connectivity index (χ0v) is 9.06. The van der Waals surface area contributed by atoms with E-state index in [0.717, 1.165) is 5.82 Å². The smallest absolute Gasteiger partial charge is 0.102 e. The average molecular weight is 300 g/mol. The van der Waals surface area contributed by atoms with Gasteiger partial charge in [-0.2, -0.15) is 9.90 Å². The predicted molar refractivity (Wildman–Crippen MR) is 34.4 cm³/mol. The number of H-pyrrole nitrogens is 1. The SMILES string of the molecule is Cc1ncc[nH]1.P.[W]. The molecule has 0 fully saturated rings. The molecule has 1 unspecified atom stereocenters. The summed E-state index contributed by atoms with van der Waals surface area (Å²) in [6.45, 7) is 1.92. The van der Waals surface area contributed by atoms with Gasteiger partial charge in [0.2, 0.25) is 0 Å². The summed E-state index contributed by atoms with van der Waals surface area (Å²) in [5, 5.41) is 0. The summed E-state index contributed by atoms with van der Waals surface area (Å²) in [5.74, 6) is 0.968. The number of imidazole rings is 1. The van der Waals surface area contributed by atoms with E-state index in [2.05, 4.69) is 9.97 Å². The van der Waals surface area contributed by atoms with Crippen LogP contribution >= 0.6 is 9.90 Å². The Hall–Kier alpha value is 0.328. The Morgan fingerprint density at radius 2 is 2.25 bits per heavy atom. The van der Waals surface area contributed by atoms with Crippen molar-refractivity contribution in [2.75, 3.05) is 0 Å². The van der Waals surface area contributed by atoms with Gasteiger partial charge in [0.1, 0.15) is 5.82 Å². The number of aromatic amines is 1. The second-order valence-electron chi connectivity index (χ2n) is 1.17. The molecule has 0 aliphatic heterocycles. The quantitative estimate of drug-likeness (QED) is 0.705. The molecule has 0 aliphatic carbocycles. The first-order valence-electron chi connectivity index (χ1n) is 1.85. The van der Waals surface area contributed by atoms with Crippen molar-refractivity contribution in [2.45, 2.75) is 6.92 Å². The van der Waals surface area contributed by atoms with Crippen LogP contribution in [0.5, 0.6) is 0 Å². The maximum Gasteiger partial charge on any atom is 0.102 e. The van der Waals surface area contributed by atoms with Crippen LogP contribution in [0.4, 0.5) is 0 Å². The third-order valence-corrected chi connectivity index (χ3v) is 0.635. The number of nitrogens with one attached hydrogen (secondary N) is 1. The molecule has 0 spiro atoms. The monoisotopic (exact) mass is 300 g/mol. The Labute approximate surface area is 66.4 Å². The first-order chi connectivity index (χ1) is 2.89. The molecule has 0 saturated carbocycles. The van der Waals surface area contributed by atoms with Crippen LogP contribution in [-0.2, 0) is 21.1 Å². The van der Waals surface area contributed by atoms with Gasteiger partial charge in [-0.25, -0.2) is 4.98 Å². The van der Waals surface area contributed by atoms with Gasteiger partial charge < -0.3 is 4.98 Å². The van der Waals surface area contributed by atoms with Crippen molar-refractivity contribution in [1.82, 2.24) is 9.97 Å². The molecule has 0 aliphatic rings. The minimum absolute atomic E-state index is 0. The first-order valence-corrected chi connectivity index (χ1v) is 1.85. The van der Waals surface area contributed by atoms with E-state index in [1.54, 1.807) is 12.4 Å². The maximum atomic E-state index is 3.86. The van der Waals surface area contributed by atoms with Crippen LogP contribution in [0.1, 0.15) is 5.82 Å². The molecular formula is C4H9N2PW. The van der Waals surface area contributed by atoms with Gasteiger partial charge in [-0.3, -0.25) is 0 Å². The van der Waals surface area contributed by atoms with Crippen LogP contribution in [0.2, 0.25) is 0 Å². The molecule has 8 heavy (non-hydrogen) atoms. The van der Waals surface area contributed by atoms with Crippen molar-refractivity contribution in [3.63, 3.8) is 0 Å². The van der Waals surface area contributed by atoms with Crippen LogP contribution in [0.25, 0.3) is 0 Å². The average Bonchev–Trinajstić information content (AvgIpc) is 1.86. The predicted octanol–water partition coefficient (Wildman–Crippen LogP) is 0.774. The van der Waals surface area contributed by atoms with Crippen molar-refractivity contribution >= 4 is 9.90 Å². The summed E-state index contributed by atoms with van der Waals surface area (Å²) < 4.78 is 0. The van der Waals surface area contributed by atoms with Crippen molar-refractivity contribution in [2.24, 2.45) is 0 Å². The fourth-order valence-electron chi connectivity index (χ4n) is 0.344. The summed E-state index contributed by atoms with van der Waals surface area (Å²) in [6, 6.07) is 0. The minimum atomic E-state index is 0. The second-order valence-corrected chi connectivity index (χ2v) is 1.17. The molecule has 1 atom stereocenters. The van der Waals surface area contributed by atoms with Crippen LogP contribution in [0.15, 0.2) is 12.4 Å². The van der Waals surface area contributed by atoms with E-state index in [0.29, 0.717) is 0 Å². The standard InChI is InChI=1S/C4H6N2.H3P.W/c1-4-5-2-3-6-4;;/h2-3H,1H3,(H,5,6);1H3;. The van der Waals surface area contributed by atoms with E-state index in [9.17, 15) is 0 Å². The number of rotatable bonds is 0. The number of aryl methyl sites for hydroxylation is 1. The fourth-order valence-corrected chi connectivity index (χ4v) is 0.344. The summed E-state index contributed by atoms with van der Waals surface area (Å²) in [7, 11) is 0.